The number of phosphoric ester groups is 1. The van der Waals surface area contributed by atoms with Crippen molar-refractivity contribution >= 4 is 13.9 Å². The Morgan fingerprint density at radius 3 is 1.56 bits per heavy atom. The van der Waals surface area contributed by atoms with Crippen molar-refractivity contribution in [2.75, 3.05) is 55.0 Å². The van der Waals surface area contributed by atoms with Crippen LogP contribution in [-0.4, -0.2) is 76.6 Å². The maximum Gasteiger partial charge on any atom is 0.409 e. The van der Waals surface area contributed by atoms with E-state index < -0.39 is 20.0 Å². The molecule has 0 spiro atoms. The number of hydrogen-bond donors (Lipinski definition) is 0. The molecule has 0 aliphatic carbocycles. The number of phosphoric acid groups is 1. The second-order valence-electron chi connectivity index (χ2n) is 12.3. The fourth-order valence-corrected chi connectivity index (χ4v) is 5.27. The molecule has 9 heteroatoms. The minimum atomic E-state index is -4.48. The van der Waals surface area contributed by atoms with Crippen molar-refractivity contribution in [3.63, 3.8) is 0 Å². The number of unbranched alkanes of at least 4 members (excludes halogenated alkanes) is 17. The highest BCUT2D eigenvalue weighted by Crippen LogP contribution is 2.40. The summed E-state index contributed by atoms with van der Waals surface area (Å²) < 4.78 is 28.4. The van der Waals surface area contributed by atoms with Gasteiger partial charge in [-0.25, -0.2) is 4.79 Å². The average Bonchev–Trinajstić information content (AvgIpc) is 2.84. The molecule has 0 aliphatic heterocycles. The lowest BCUT2D eigenvalue weighted by atomic mass is 10.0. The Bertz CT molecular complexity index is 627. The van der Waals surface area contributed by atoms with E-state index in [9.17, 15) is 14.3 Å². The van der Waals surface area contributed by atoms with E-state index in [-0.39, 0.29) is 13.2 Å². The molecule has 39 heavy (non-hydrogen) atoms. The Hall–Kier alpha value is -0.660. The zero-order valence-corrected chi connectivity index (χ0v) is 27.3. The van der Waals surface area contributed by atoms with Crippen molar-refractivity contribution in [3.8, 4) is 0 Å². The Labute approximate surface area is 241 Å². The van der Waals surface area contributed by atoms with E-state index in [2.05, 4.69) is 6.92 Å². The van der Waals surface area contributed by atoms with Crippen LogP contribution in [0.2, 0.25) is 0 Å². The van der Waals surface area contributed by atoms with Crippen LogP contribution in [0.5, 0.6) is 0 Å². The molecule has 0 fully saturated rings. The molecule has 0 rings (SSSR count). The Kier molecular flexibility index (Phi) is 23.6. The molecule has 2 unspecified atom stereocenters. The van der Waals surface area contributed by atoms with Crippen LogP contribution in [0.1, 0.15) is 129 Å². The van der Waals surface area contributed by atoms with Crippen LogP contribution in [0.4, 0.5) is 4.79 Å². The van der Waals surface area contributed by atoms with Crippen LogP contribution >= 0.6 is 7.82 Å². The summed E-state index contributed by atoms with van der Waals surface area (Å²) in [5, 5.41) is 0. The zero-order valence-electron chi connectivity index (χ0n) is 26.4. The number of carbonyl (C=O) groups is 1. The van der Waals surface area contributed by atoms with Crippen molar-refractivity contribution < 1.29 is 32.5 Å². The maximum absolute atomic E-state index is 12.3. The summed E-state index contributed by atoms with van der Waals surface area (Å²) in [7, 11) is 4.57. The SMILES string of the molecule is CCCCCCCCCCCCCCCCCCCCC(COC(=O)N(C)C)OP(=O)([O-])OCC[N+](C)(C)C. The Morgan fingerprint density at radius 2 is 1.18 bits per heavy atom. The van der Waals surface area contributed by atoms with Gasteiger partial charge in [0, 0.05) is 14.1 Å². The normalized spacial score (nSPS) is 14.2. The van der Waals surface area contributed by atoms with E-state index >= 15 is 0 Å². The average molecular weight is 579 g/mol. The third kappa shape index (κ3) is 27.3. The highest BCUT2D eigenvalue weighted by Gasteiger charge is 2.21. The first-order chi connectivity index (χ1) is 18.5. The summed E-state index contributed by atoms with van der Waals surface area (Å²) in [5.74, 6) is 0. The van der Waals surface area contributed by atoms with Crippen molar-refractivity contribution in [3.05, 3.63) is 0 Å². The molecule has 0 saturated carbocycles. The summed E-state index contributed by atoms with van der Waals surface area (Å²) in [6.45, 7) is 2.75. The largest absolute Gasteiger partial charge is 0.756 e. The lowest BCUT2D eigenvalue weighted by Gasteiger charge is -2.30. The number of rotatable bonds is 27. The highest BCUT2D eigenvalue weighted by molar-refractivity contribution is 7.45. The molecule has 0 aromatic heterocycles. The van der Waals surface area contributed by atoms with Crippen LogP contribution < -0.4 is 4.89 Å². The molecule has 0 radical (unpaired) electrons. The molecule has 0 saturated heterocycles. The molecule has 0 bridgehead atoms. The van der Waals surface area contributed by atoms with Gasteiger partial charge in [-0.15, -0.1) is 0 Å². The number of ether oxygens (including phenoxy) is 1. The number of quaternary nitrogens is 1. The molecule has 1 amide bonds. The second kappa shape index (κ2) is 24.0. The third-order valence-corrected chi connectivity index (χ3v) is 7.98. The highest BCUT2D eigenvalue weighted by atomic mass is 31.2. The van der Waals surface area contributed by atoms with Crippen molar-refractivity contribution in [1.82, 2.24) is 4.90 Å². The van der Waals surface area contributed by atoms with E-state index in [4.69, 9.17) is 13.8 Å². The van der Waals surface area contributed by atoms with Gasteiger partial charge >= 0.3 is 6.09 Å². The Balaban J connectivity index is 3.96. The van der Waals surface area contributed by atoms with E-state index in [1.165, 1.54) is 101 Å². The summed E-state index contributed by atoms with van der Waals surface area (Å²) in [6, 6.07) is 0. The summed E-state index contributed by atoms with van der Waals surface area (Å²) >= 11 is 0. The first kappa shape index (κ1) is 38.3. The van der Waals surface area contributed by atoms with Gasteiger partial charge in [0.1, 0.15) is 25.9 Å². The fourth-order valence-electron chi connectivity index (χ4n) is 4.37. The number of nitrogens with zero attached hydrogens (tertiary/aromatic N) is 2. The second-order valence-corrected chi connectivity index (χ2v) is 13.7. The first-order valence-electron chi connectivity index (χ1n) is 15.8. The maximum atomic E-state index is 12.3. The van der Waals surface area contributed by atoms with Crippen LogP contribution in [0.15, 0.2) is 0 Å². The lowest BCUT2D eigenvalue weighted by Crippen LogP contribution is -2.37. The third-order valence-electron chi connectivity index (χ3n) is 6.93. The van der Waals surface area contributed by atoms with Gasteiger partial charge in [-0.05, 0) is 6.42 Å². The predicted octanol–water partition coefficient (Wildman–Crippen LogP) is 7.69. The molecular formula is C30H63N2O6P. The predicted molar refractivity (Wildman–Crippen MR) is 160 cm³/mol. The molecule has 8 nitrogen and oxygen atoms in total. The molecule has 234 valence electrons. The number of likely N-dealkylation sites (N-methyl/N-ethyl adjacent to an activating group) is 1. The van der Waals surface area contributed by atoms with E-state index in [0.717, 1.165) is 19.3 Å². The van der Waals surface area contributed by atoms with Gasteiger partial charge in [0.2, 0.25) is 0 Å². The van der Waals surface area contributed by atoms with Gasteiger partial charge in [-0.2, -0.15) is 0 Å². The molecule has 0 aromatic rings. The van der Waals surface area contributed by atoms with Crippen LogP contribution in [0.25, 0.3) is 0 Å². The van der Waals surface area contributed by atoms with Crippen molar-refractivity contribution in [1.29, 1.82) is 0 Å². The van der Waals surface area contributed by atoms with Crippen molar-refractivity contribution in [2.45, 2.75) is 135 Å². The smallest absolute Gasteiger partial charge is 0.409 e. The molecule has 2 atom stereocenters. The van der Waals surface area contributed by atoms with Gasteiger partial charge in [0.15, 0.2) is 0 Å². The molecular weight excluding hydrogens is 515 g/mol. The van der Waals surface area contributed by atoms with E-state index in [1.54, 1.807) is 14.1 Å². The summed E-state index contributed by atoms with van der Waals surface area (Å²) in [5.41, 5.74) is 0. The van der Waals surface area contributed by atoms with Gasteiger partial charge < -0.3 is 28.1 Å². The van der Waals surface area contributed by atoms with Gasteiger partial charge in [-0.3, -0.25) is 4.57 Å². The van der Waals surface area contributed by atoms with Crippen LogP contribution in [-0.2, 0) is 18.3 Å². The minimum Gasteiger partial charge on any atom is -0.756 e. The quantitative estimate of drug-likeness (QED) is 0.0564. The van der Waals surface area contributed by atoms with E-state index in [0.29, 0.717) is 17.4 Å². The Morgan fingerprint density at radius 1 is 0.769 bits per heavy atom. The summed E-state index contributed by atoms with van der Waals surface area (Å²) in [6.07, 6.45) is 22.6. The minimum absolute atomic E-state index is 0.0493. The molecule has 0 aromatic carbocycles. The van der Waals surface area contributed by atoms with Crippen LogP contribution in [0, 0.1) is 0 Å². The standard InChI is InChI=1S/C30H63N2O6P/c1-7-8-9-10-11-12-13-14-15-16-17-18-19-20-21-22-23-24-25-29(28-36-30(33)31(2)3)38-39(34,35)37-27-26-32(4,5)6/h29H,7-28H2,1-6H3. The van der Waals surface area contributed by atoms with E-state index in [1.807, 2.05) is 21.1 Å². The summed E-state index contributed by atoms with van der Waals surface area (Å²) in [4.78, 5) is 25.4. The molecule has 0 heterocycles. The zero-order chi connectivity index (χ0) is 29.4. The molecule has 0 N–H and O–H groups in total. The van der Waals surface area contributed by atoms with Gasteiger partial charge in [0.05, 0.1) is 21.1 Å². The van der Waals surface area contributed by atoms with Gasteiger partial charge in [0.25, 0.3) is 7.82 Å². The van der Waals surface area contributed by atoms with Crippen molar-refractivity contribution in [2.24, 2.45) is 0 Å². The number of amides is 1. The fraction of sp³-hybridized carbons (Fsp3) is 0.967. The van der Waals surface area contributed by atoms with Gasteiger partial charge in [-0.1, -0.05) is 122 Å². The topological polar surface area (TPSA) is 88.1 Å². The first-order valence-corrected chi connectivity index (χ1v) is 17.2. The molecule has 0 aliphatic rings. The monoisotopic (exact) mass is 578 g/mol. The number of hydrogen-bond acceptors (Lipinski definition) is 6. The van der Waals surface area contributed by atoms with Crippen LogP contribution in [0.3, 0.4) is 0 Å². The lowest BCUT2D eigenvalue weighted by molar-refractivity contribution is -0.870. The number of carbonyl (C=O) groups excluding carboxylic acids is 1.